The van der Waals surface area contributed by atoms with Gasteiger partial charge in [-0.2, -0.15) is 13.2 Å². The Hall–Kier alpha value is -3.89. The van der Waals surface area contributed by atoms with Crippen molar-refractivity contribution in [3.63, 3.8) is 0 Å². The lowest BCUT2D eigenvalue weighted by atomic mass is 10.0. The van der Waals surface area contributed by atoms with Gasteiger partial charge in [0.15, 0.2) is 0 Å². The van der Waals surface area contributed by atoms with Crippen molar-refractivity contribution in [2.24, 2.45) is 0 Å². The number of alkyl halides is 3. The van der Waals surface area contributed by atoms with Crippen molar-refractivity contribution in [3.05, 3.63) is 106 Å². The topological polar surface area (TPSA) is 46.6 Å². The summed E-state index contributed by atoms with van der Waals surface area (Å²) in [5.74, 6) is 5.23. The third kappa shape index (κ3) is 10.7. The highest BCUT2D eigenvalue weighted by Crippen LogP contribution is 2.29. The zero-order chi connectivity index (χ0) is 28.8. The van der Waals surface area contributed by atoms with Crippen LogP contribution in [0, 0.1) is 11.8 Å². The molecule has 0 heterocycles. The zero-order valence-electron chi connectivity index (χ0n) is 22.7. The predicted molar refractivity (Wildman–Crippen MR) is 149 cm³/mol. The normalized spacial score (nSPS) is 11.1. The number of aldehydes is 1. The lowest BCUT2D eigenvalue weighted by molar-refractivity contribution is -0.195. The predicted octanol–water partition coefficient (Wildman–Crippen LogP) is 7.67. The summed E-state index contributed by atoms with van der Waals surface area (Å²) in [5, 5.41) is 1.23. The number of rotatable bonds is 13. The molecule has 7 heteroatoms. The van der Waals surface area contributed by atoms with Crippen molar-refractivity contribution in [1.29, 1.82) is 0 Å². The summed E-state index contributed by atoms with van der Waals surface area (Å²) in [6.07, 6.45) is 4.36. The van der Waals surface area contributed by atoms with Crippen LogP contribution in [0.3, 0.4) is 0 Å². The molecule has 0 amide bonds. The van der Waals surface area contributed by atoms with E-state index in [0.29, 0.717) is 5.56 Å². The monoisotopic (exact) mass is 549 g/mol. The third-order valence-corrected chi connectivity index (χ3v) is 6.39. The van der Waals surface area contributed by atoms with Crippen molar-refractivity contribution in [3.8, 4) is 11.8 Å². The fraction of sp³-hybridized carbons (Fsp3) is 0.333. The van der Waals surface area contributed by atoms with Crippen LogP contribution in [0.25, 0.3) is 0 Å². The summed E-state index contributed by atoms with van der Waals surface area (Å²) in [4.78, 5) is 27.5. The van der Waals surface area contributed by atoms with E-state index in [0.717, 1.165) is 35.2 Å². The van der Waals surface area contributed by atoms with E-state index in [2.05, 4.69) is 30.9 Å². The van der Waals surface area contributed by atoms with E-state index in [1.807, 2.05) is 36.4 Å². The molecule has 0 aliphatic carbocycles. The number of hydrogen-bond acceptors (Lipinski definition) is 4. The van der Waals surface area contributed by atoms with Gasteiger partial charge < -0.3 is 4.84 Å². The van der Waals surface area contributed by atoms with Gasteiger partial charge in [0.25, 0.3) is 0 Å². The number of hydrogen-bond donors (Lipinski definition) is 0. The van der Waals surface area contributed by atoms with Crippen LogP contribution in [-0.2, 0) is 40.1 Å². The van der Waals surface area contributed by atoms with Crippen LogP contribution in [0.4, 0.5) is 13.2 Å². The summed E-state index contributed by atoms with van der Waals surface area (Å²) in [7, 11) is 0. The molecule has 0 saturated carbocycles. The van der Waals surface area contributed by atoms with E-state index in [9.17, 15) is 22.8 Å². The van der Waals surface area contributed by atoms with Gasteiger partial charge in [-0.15, -0.1) is 5.06 Å². The minimum absolute atomic E-state index is 0.00806. The summed E-state index contributed by atoms with van der Waals surface area (Å²) in [6.45, 7) is 2.37. The fourth-order valence-corrected chi connectivity index (χ4v) is 4.18. The average molecular weight is 550 g/mol. The van der Waals surface area contributed by atoms with Crippen LogP contribution in [0.2, 0.25) is 0 Å². The summed E-state index contributed by atoms with van der Waals surface area (Å²) in [5.41, 5.74) is 3.55. The van der Waals surface area contributed by atoms with Gasteiger partial charge in [-0.3, -0.25) is 4.79 Å². The van der Waals surface area contributed by atoms with Crippen LogP contribution < -0.4 is 0 Å². The molecule has 3 aromatic carbocycles. The first kappa shape index (κ1) is 30.6. The Labute approximate surface area is 234 Å². The van der Waals surface area contributed by atoms with Crippen LogP contribution in [-0.4, -0.2) is 17.3 Å². The molecule has 0 aliphatic heterocycles. The smallest absolute Gasteiger partial charge is 0.361 e. The molecule has 0 aliphatic rings. The van der Waals surface area contributed by atoms with Crippen LogP contribution in [0.1, 0.15) is 78.8 Å². The van der Waals surface area contributed by atoms with Gasteiger partial charge in [0, 0.05) is 11.1 Å². The third-order valence-electron chi connectivity index (χ3n) is 6.39. The number of aryl methyl sites for hydroxylation is 1. The highest BCUT2D eigenvalue weighted by Gasteiger charge is 2.30. The molecule has 0 atom stereocenters. The van der Waals surface area contributed by atoms with Gasteiger partial charge in [0.2, 0.25) is 6.29 Å². The van der Waals surface area contributed by atoms with Gasteiger partial charge in [-0.25, -0.2) is 4.79 Å². The molecule has 0 saturated heterocycles. The number of carbonyl (C=O) groups is 2. The Morgan fingerprint density at radius 1 is 0.750 bits per heavy atom. The lowest BCUT2D eigenvalue weighted by Gasteiger charge is -2.20. The highest BCUT2D eigenvalue weighted by molar-refractivity contribution is 6.20. The van der Waals surface area contributed by atoms with Crippen molar-refractivity contribution in [1.82, 2.24) is 5.06 Å². The summed E-state index contributed by atoms with van der Waals surface area (Å²) in [6, 6.07) is 20.2. The molecule has 0 N–H and O–H groups in total. The van der Waals surface area contributed by atoms with E-state index in [4.69, 9.17) is 4.84 Å². The quantitative estimate of drug-likeness (QED) is 0.0722. The zero-order valence-corrected chi connectivity index (χ0v) is 22.7. The second kappa shape index (κ2) is 15.6. The Kier molecular flexibility index (Phi) is 12.0. The average Bonchev–Trinajstić information content (AvgIpc) is 2.95. The molecule has 4 nitrogen and oxygen atoms in total. The molecule has 0 fully saturated rings. The van der Waals surface area contributed by atoms with E-state index >= 15 is 0 Å². The van der Waals surface area contributed by atoms with Gasteiger partial charge in [-0.1, -0.05) is 87.3 Å². The van der Waals surface area contributed by atoms with Crippen LogP contribution in [0.5, 0.6) is 0 Å². The van der Waals surface area contributed by atoms with E-state index in [1.54, 1.807) is 0 Å². The molecule has 0 bridgehead atoms. The van der Waals surface area contributed by atoms with E-state index < -0.39 is 17.7 Å². The molecule has 3 rings (SSSR count). The van der Waals surface area contributed by atoms with E-state index in [1.165, 1.54) is 61.3 Å². The second-order valence-electron chi connectivity index (χ2n) is 9.68. The molecule has 0 unspecified atom stereocenters. The Balaban J connectivity index is 1.57. The van der Waals surface area contributed by atoms with Crippen molar-refractivity contribution in [2.45, 2.75) is 71.1 Å². The Bertz CT molecular complexity index is 1270. The minimum atomic E-state index is -4.44. The lowest BCUT2D eigenvalue weighted by Crippen LogP contribution is -2.27. The molecule has 0 radical (unpaired) electrons. The van der Waals surface area contributed by atoms with Crippen molar-refractivity contribution < 1.29 is 27.6 Å². The Morgan fingerprint density at radius 2 is 1.23 bits per heavy atom. The summed E-state index contributed by atoms with van der Waals surface area (Å²) >= 11 is 0. The van der Waals surface area contributed by atoms with E-state index in [-0.39, 0.29) is 19.4 Å². The SMILES string of the molecule is CCCCCCCCc1ccc(C#Cc2ccc(CN(Cc3ccc(C(F)(F)F)cc3)OC(=O)C=O)cc2)cc1. The fourth-order valence-electron chi connectivity index (χ4n) is 4.18. The number of hydroxylamine groups is 2. The first-order valence-corrected chi connectivity index (χ1v) is 13.5. The maximum atomic E-state index is 12.8. The second-order valence-corrected chi connectivity index (χ2v) is 9.68. The first-order chi connectivity index (χ1) is 19.3. The largest absolute Gasteiger partial charge is 0.416 e. The number of unbranched alkanes of at least 4 members (excludes halogenated alkanes) is 5. The number of benzene rings is 3. The van der Waals surface area contributed by atoms with Crippen LogP contribution in [0.15, 0.2) is 72.8 Å². The van der Waals surface area contributed by atoms with Gasteiger partial charge in [0.1, 0.15) is 0 Å². The maximum Gasteiger partial charge on any atom is 0.416 e. The standard InChI is InChI=1S/C33H34F3NO3/c1-2-3-4-5-6-7-8-26-9-11-27(12-10-26)13-14-28-15-17-29(18-16-28)23-37(40-32(39)25-38)24-30-19-21-31(22-20-30)33(34,35)36/h9-12,15-22,25H,2-8,23-24H2,1H3. The summed E-state index contributed by atoms with van der Waals surface area (Å²) < 4.78 is 38.5. The maximum absolute atomic E-state index is 12.8. The van der Waals surface area contributed by atoms with Gasteiger partial charge in [-0.05, 0) is 65.9 Å². The Morgan fingerprint density at radius 3 is 1.73 bits per heavy atom. The number of halogens is 3. The number of nitrogens with zero attached hydrogens (tertiary/aromatic N) is 1. The molecule has 0 spiro atoms. The van der Waals surface area contributed by atoms with Crippen LogP contribution >= 0.6 is 0 Å². The molecule has 210 valence electrons. The highest BCUT2D eigenvalue weighted by atomic mass is 19.4. The number of carbonyl (C=O) groups excluding carboxylic acids is 2. The van der Waals surface area contributed by atoms with Crippen molar-refractivity contribution in [2.75, 3.05) is 0 Å². The first-order valence-electron chi connectivity index (χ1n) is 13.5. The minimum Gasteiger partial charge on any atom is -0.361 e. The molecular formula is C33H34F3NO3. The van der Waals surface area contributed by atoms with Gasteiger partial charge >= 0.3 is 12.1 Å². The van der Waals surface area contributed by atoms with Crippen molar-refractivity contribution >= 4 is 12.3 Å². The molecule has 40 heavy (non-hydrogen) atoms. The van der Waals surface area contributed by atoms with Gasteiger partial charge in [0.05, 0.1) is 18.7 Å². The molecule has 0 aromatic heterocycles. The molecule has 3 aromatic rings. The molecular weight excluding hydrogens is 515 g/mol.